The van der Waals surface area contributed by atoms with Gasteiger partial charge in [-0.2, -0.15) is 4.39 Å². The standard InChI is InChI=1S/C10H13FN4O2/c1-17-10(16)14-7-2-3-15(5-7)9-4-8(11)12-6-13-9/h4,6-7H,2-3,5H2,1H3,(H,14,16). The van der Waals surface area contributed by atoms with Gasteiger partial charge in [-0.25, -0.2) is 14.8 Å². The lowest BCUT2D eigenvalue weighted by molar-refractivity contribution is 0.167. The maximum atomic E-state index is 12.9. The number of nitrogens with zero attached hydrogens (tertiary/aromatic N) is 3. The van der Waals surface area contributed by atoms with Gasteiger partial charge < -0.3 is 15.0 Å². The van der Waals surface area contributed by atoms with Crippen LogP contribution >= 0.6 is 0 Å². The summed E-state index contributed by atoms with van der Waals surface area (Å²) in [6, 6.07) is 1.28. The summed E-state index contributed by atoms with van der Waals surface area (Å²) in [5.74, 6) is -0.0222. The lowest BCUT2D eigenvalue weighted by Crippen LogP contribution is -2.37. The average Bonchev–Trinajstić information content (AvgIpc) is 2.77. The first kappa shape index (κ1) is 11.6. The van der Waals surface area contributed by atoms with Gasteiger partial charge >= 0.3 is 6.09 Å². The molecule has 1 aliphatic rings. The van der Waals surface area contributed by atoms with E-state index >= 15 is 0 Å². The number of halogens is 1. The minimum atomic E-state index is -0.556. The third kappa shape index (κ3) is 2.80. The summed E-state index contributed by atoms with van der Waals surface area (Å²) >= 11 is 0. The van der Waals surface area contributed by atoms with Gasteiger partial charge in [0.25, 0.3) is 0 Å². The molecule has 1 aromatic rings. The molecular weight excluding hydrogens is 227 g/mol. The van der Waals surface area contributed by atoms with Gasteiger partial charge in [0.15, 0.2) is 0 Å². The highest BCUT2D eigenvalue weighted by molar-refractivity contribution is 5.67. The molecule has 6 nitrogen and oxygen atoms in total. The Balaban J connectivity index is 1.96. The van der Waals surface area contributed by atoms with Crippen LogP contribution in [0, 0.1) is 5.95 Å². The number of ether oxygens (including phenoxy) is 1. The molecule has 1 saturated heterocycles. The molecule has 0 spiro atoms. The van der Waals surface area contributed by atoms with E-state index in [1.807, 2.05) is 4.90 Å². The highest BCUT2D eigenvalue weighted by Crippen LogP contribution is 2.17. The number of carbonyl (C=O) groups excluding carboxylic acids is 1. The van der Waals surface area contributed by atoms with Crippen LogP contribution in [0.2, 0.25) is 0 Å². The Bertz CT molecular complexity index is 415. The molecule has 2 rings (SSSR count). The predicted molar refractivity (Wildman–Crippen MR) is 58.1 cm³/mol. The molecule has 2 heterocycles. The van der Waals surface area contributed by atoms with Gasteiger partial charge in [-0.15, -0.1) is 0 Å². The van der Waals surface area contributed by atoms with E-state index in [0.717, 1.165) is 6.42 Å². The van der Waals surface area contributed by atoms with Crippen molar-refractivity contribution in [2.75, 3.05) is 25.1 Å². The van der Waals surface area contributed by atoms with Crippen molar-refractivity contribution in [2.24, 2.45) is 0 Å². The fraction of sp³-hybridized carbons (Fsp3) is 0.500. The molecule has 1 aromatic heterocycles. The first-order valence-electron chi connectivity index (χ1n) is 5.26. The Morgan fingerprint density at radius 3 is 3.18 bits per heavy atom. The van der Waals surface area contributed by atoms with Gasteiger partial charge in [-0.1, -0.05) is 0 Å². The van der Waals surface area contributed by atoms with Crippen LogP contribution < -0.4 is 10.2 Å². The lowest BCUT2D eigenvalue weighted by atomic mass is 10.3. The van der Waals surface area contributed by atoms with Crippen LogP contribution in [0.5, 0.6) is 0 Å². The van der Waals surface area contributed by atoms with Gasteiger partial charge in [0.2, 0.25) is 5.95 Å². The minimum Gasteiger partial charge on any atom is -0.453 e. The number of anilines is 1. The molecular formula is C10H13FN4O2. The van der Waals surface area contributed by atoms with Gasteiger partial charge in [-0.05, 0) is 6.42 Å². The summed E-state index contributed by atoms with van der Waals surface area (Å²) in [5, 5.41) is 2.70. The normalized spacial score (nSPS) is 19.2. The van der Waals surface area contributed by atoms with E-state index in [2.05, 4.69) is 20.0 Å². The molecule has 1 unspecified atom stereocenters. The molecule has 1 fully saturated rings. The van der Waals surface area contributed by atoms with Crippen LogP contribution in [0.25, 0.3) is 0 Å². The molecule has 0 saturated carbocycles. The van der Waals surface area contributed by atoms with Crippen molar-refractivity contribution in [3.63, 3.8) is 0 Å². The van der Waals surface area contributed by atoms with E-state index in [4.69, 9.17) is 0 Å². The van der Waals surface area contributed by atoms with Crippen molar-refractivity contribution in [1.29, 1.82) is 0 Å². The van der Waals surface area contributed by atoms with Crippen LogP contribution in [-0.4, -0.2) is 42.3 Å². The zero-order chi connectivity index (χ0) is 12.3. The number of rotatable bonds is 2. The van der Waals surface area contributed by atoms with Crippen molar-refractivity contribution in [1.82, 2.24) is 15.3 Å². The number of alkyl carbamates (subject to hydrolysis) is 1. The first-order chi connectivity index (χ1) is 8.19. The summed E-state index contributed by atoms with van der Waals surface area (Å²) in [6.45, 7) is 1.30. The predicted octanol–water partition coefficient (Wildman–Crippen LogP) is 0.550. The second kappa shape index (κ2) is 4.94. The Kier molecular flexibility index (Phi) is 3.36. The fourth-order valence-corrected chi connectivity index (χ4v) is 1.81. The number of nitrogens with one attached hydrogen (secondary N) is 1. The van der Waals surface area contributed by atoms with E-state index < -0.39 is 12.0 Å². The number of carbonyl (C=O) groups is 1. The molecule has 7 heteroatoms. The molecule has 0 aliphatic carbocycles. The van der Waals surface area contributed by atoms with E-state index in [1.54, 1.807) is 0 Å². The molecule has 1 aliphatic heterocycles. The number of aromatic nitrogens is 2. The summed E-state index contributed by atoms with van der Waals surface area (Å²) < 4.78 is 17.4. The number of amides is 1. The van der Waals surface area contributed by atoms with E-state index in [0.29, 0.717) is 18.9 Å². The highest BCUT2D eigenvalue weighted by Gasteiger charge is 2.25. The Labute approximate surface area is 97.8 Å². The highest BCUT2D eigenvalue weighted by atomic mass is 19.1. The van der Waals surface area contributed by atoms with Crippen molar-refractivity contribution < 1.29 is 13.9 Å². The summed E-state index contributed by atoms with van der Waals surface area (Å²) in [5.41, 5.74) is 0. The molecule has 17 heavy (non-hydrogen) atoms. The largest absolute Gasteiger partial charge is 0.453 e. The third-order valence-electron chi connectivity index (χ3n) is 2.64. The molecule has 92 valence electrons. The lowest BCUT2D eigenvalue weighted by Gasteiger charge is -2.17. The number of methoxy groups -OCH3 is 1. The van der Waals surface area contributed by atoms with Crippen molar-refractivity contribution in [3.05, 3.63) is 18.3 Å². The van der Waals surface area contributed by atoms with Crippen molar-refractivity contribution in [2.45, 2.75) is 12.5 Å². The van der Waals surface area contributed by atoms with E-state index in [1.165, 1.54) is 19.5 Å². The SMILES string of the molecule is COC(=O)NC1CCN(c2cc(F)ncn2)C1. The van der Waals surface area contributed by atoms with Crippen LogP contribution in [0.4, 0.5) is 15.0 Å². The van der Waals surface area contributed by atoms with Gasteiger partial charge in [0.1, 0.15) is 12.1 Å². The minimum absolute atomic E-state index is 0.000441. The average molecular weight is 240 g/mol. The third-order valence-corrected chi connectivity index (χ3v) is 2.64. The quantitative estimate of drug-likeness (QED) is 0.765. The second-order valence-corrected chi connectivity index (χ2v) is 3.77. The number of hydrogen-bond acceptors (Lipinski definition) is 5. The maximum absolute atomic E-state index is 12.9. The van der Waals surface area contributed by atoms with E-state index in [-0.39, 0.29) is 6.04 Å². The van der Waals surface area contributed by atoms with Gasteiger partial charge in [0.05, 0.1) is 13.2 Å². The zero-order valence-corrected chi connectivity index (χ0v) is 9.39. The molecule has 0 bridgehead atoms. The monoisotopic (exact) mass is 240 g/mol. The zero-order valence-electron chi connectivity index (χ0n) is 9.39. The Hall–Kier alpha value is -1.92. The molecule has 0 aromatic carbocycles. The van der Waals surface area contributed by atoms with Crippen LogP contribution in [0.3, 0.4) is 0 Å². The van der Waals surface area contributed by atoms with Crippen molar-refractivity contribution in [3.8, 4) is 0 Å². The van der Waals surface area contributed by atoms with Gasteiger partial charge in [-0.3, -0.25) is 0 Å². The molecule has 1 atom stereocenters. The summed E-state index contributed by atoms with van der Waals surface area (Å²) in [7, 11) is 1.32. The Morgan fingerprint density at radius 1 is 1.65 bits per heavy atom. The summed E-state index contributed by atoms with van der Waals surface area (Å²) in [4.78, 5) is 20.3. The maximum Gasteiger partial charge on any atom is 0.407 e. The molecule has 1 N–H and O–H groups in total. The topological polar surface area (TPSA) is 67.3 Å². The Morgan fingerprint density at radius 2 is 2.47 bits per heavy atom. The number of hydrogen-bond donors (Lipinski definition) is 1. The van der Waals surface area contributed by atoms with Crippen LogP contribution in [0.15, 0.2) is 12.4 Å². The van der Waals surface area contributed by atoms with Crippen molar-refractivity contribution >= 4 is 11.9 Å². The van der Waals surface area contributed by atoms with E-state index in [9.17, 15) is 9.18 Å². The summed E-state index contributed by atoms with van der Waals surface area (Å²) in [6.07, 6.45) is 1.51. The van der Waals surface area contributed by atoms with Gasteiger partial charge in [0, 0.05) is 19.2 Å². The smallest absolute Gasteiger partial charge is 0.407 e. The molecule has 1 amide bonds. The van der Waals surface area contributed by atoms with Crippen LogP contribution in [-0.2, 0) is 4.74 Å². The first-order valence-corrected chi connectivity index (χ1v) is 5.26. The molecule has 0 radical (unpaired) electrons. The second-order valence-electron chi connectivity index (χ2n) is 3.77. The van der Waals surface area contributed by atoms with Crippen LogP contribution in [0.1, 0.15) is 6.42 Å². The fourth-order valence-electron chi connectivity index (χ4n) is 1.81.